The van der Waals surface area contributed by atoms with Gasteiger partial charge in [0.25, 0.3) is 0 Å². The third kappa shape index (κ3) is 1.90. The van der Waals surface area contributed by atoms with Crippen LogP contribution in [-0.2, 0) is 0 Å². The van der Waals surface area contributed by atoms with Crippen molar-refractivity contribution in [3.05, 3.63) is 12.2 Å². The molecule has 4 atom stereocenters. The maximum absolute atomic E-state index is 10.3. The number of hydrogen-bond acceptors (Lipinski definition) is 2. The molecule has 2 saturated carbocycles. The van der Waals surface area contributed by atoms with Crippen LogP contribution in [0.1, 0.15) is 52.9 Å². The Balaban J connectivity index is 2.37. The van der Waals surface area contributed by atoms with E-state index in [4.69, 9.17) is 0 Å². The van der Waals surface area contributed by atoms with Crippen LogP contribution >= 0.6 is 15.9 Å². The van der Waals surface area contributed by atoms with Crippen LogP contribution in [0.2, 0.25) is 0 Å². The number of alkyl halides is 1. The molecule has 0 bridgehead atoms. The molecule has 0 aliphatic heterocycles. The van der Waals surface area contributed by atoms with Crippen molar-refractivity contribution in [3.63, 3.8) is 0 Å². The fraction of sp³-hybridized carbons (Fsp3) is 0.867. The molecule has 4 unspecified atom stereocenters. The Labute approximate surface area is 119 Å². The number of aliphatic hydroxyl groups is 2. The molecule has 0 radical (unpaired) electrons. The van der Waals surface area contributed by atoms with E-state index in [9.17, 15) is 10.2 Å². The Bertz CT molecular complexity index is 362. The summed E-state index contributed by atoms with van der Waals surface area (Å²) in [7, 11) is 0. The van der Waals surface area contributed by atoms with Gasteiger partial charge in [0.1, 0.15) is 0 Å². The molecule has 0 heterocycles. The lowest BCUT2D eigenvalue weighted by Crippen LogP contribution is -2.57. The zero-order valence-corrected chi connectivity index (χ0v) is 13.3. The zero-order chi connectivity index (χ0) is 13.8. The van der Waals surface area contributed by atoms with Crippen molar-refractivity contribution in [2.24, 2.45) is 10.8 Å². The van der Waals surface area contributed by atoms with Gasteiger partial charge in [0.2, 0.25) is 0 Å². The van der Waals surface area contributed by atoms with E-state index in [1.165, 1.54) is 5.57 Å². The van der Waals surface area contributed by atoms with E-state index in [2.05, 4.69) is 36.4 Å². The summed E-state index contributed by atoms with van der Waals surface area (Å²) < 4.78 is 0. The molecule has 2 fully saturated rings. The van der Waals surface area contributed by atoms with Gasteiger partial charge in [0.05, 0.1) is 11.7 Å². The lowest BCUT2D eigenvalue weighted by molar-refractivity contribution is -0.138. The van der Waals surface area contributed by atoms with Gasteiger partial charge in [-0.15, -0.1) is 0 Å². The van der Waals surface area contributed by atoms with Gasteiger partial charge in [-0.05, 0) is 49.9 Å². The highest BCUT2D eigenvalue weighted by Gasteiger charge is 2.57. The van der Waals surface area contributed by atoms with Crippen LogP contribution in [0.4, 0.5) is 0 Å². The molecule has 1 spiro atoms. The molecule has 104 valence electrons. The highest BCUT2D eigenvalue weighted by Crippen LogP contribution is 2.62. The minimum absolute atomic E-state index is 0.0406. The van der Waals surface area contributed by atoms with Gasteiger partial charge in [-0.2, -0.15) is 0 Å². The van der Waals surface area contributed by atoms with Crippen molar-refractivity contribution in [2.75, 3.05) is 0 Å². The summed E-state index contributed by atoms with van der Waals surface area (Å²) in [6.07, 6.45) is 3.68. The van der Waals surface area contributed by atoms with E-state index < -0.39 is 11.7 Å². The highest BCUT2D eigenvalue weighted by molar-refractivity contribution is 9.09. The molecule has 0 aromatic heterocycles. The van der Waals surface area contributed by atoms with E-state index in [-0.39, 0.29) is 10.8 Å². The van der Waals surface area contributed by atoms with Crippen LogP contribution in [0.15, 0.2) is 12.2 Å². The molecule has 2 N–H and O–H groups in total. The molecule has 18 heavy (non-hydrogen) atoms. The van der Waals surface area contributed by atoms with Gasteiger partial charge >= 0.3 is 0 Å². The maximum Gasteiger partial charge on any atom is 0.0878 e. The molecule has 0 aromatic carbocycles. The number of aliphatic hydroxyl groups excluding tert-OH is 1. The van der Waals surface area contributed by atoms with Crippen molar-refractivity contribution in [1.29, 1.82) is 0 Å². The molecular formula is C15H25BrO2. The molecule has 2 aliphatic carbocycles. The molecule has 3 heteroatoms. The number of allylic oxidation sites excluding steroid dienone is 1. The topological polar surface area (TPSA) is 40.5 Å². The molecular weight excluding hydrogens is 292 g/mol. The van der Waals surface area contributed by atoms with Crippen molar-refractivity contribution in [1.82, 2.24) is 0 Å². The first-order valence-electron chi connectivity index (χ1n) is 6.86. The summed E-state index contributed by atoms with van der Waals surface area (Å²) >= 11 is 3.81. The number of hydrogen-bond donors (Lipinski definition) is 2. The largest absolute Gasteiger partial charge is 0.390 e. The third-order valence-corrected chi connectivity index (χ3v) is 7.31. The predicted octanol–water partition coefficient (Wildman–Crippen LogP) is 3.41. The number of rotatable bonds is 0. The summed E-state index contributed by atoms with van der Waals surface area (Å²) in [5, 5.41) is 20.5. The van der Waals surface area contributed by atoms with Gasteiger partial charge in [-0.1, -0.05) is 41.9 Å². The zero-order valence-electron chi connectivity index (χ0n) is 11.7. The molecule has 2 nitrogen and oxygen atoms in total. The van der Waals surface area contributed by atoms with Crippen LogP contribution in [0, 0.1) is 10.8 Å². The van der Waals surface area contributed by atoms with Gasteiger partial charge in [-0.3, -0.25) is 0 Å². The lowest BCUT2D eigenvalue weighted by Gasteiger charge is -2.59. The Morgan fingerprint density at radius 3 is 2.44 bits per heavy atom. The van der Waals surface area contributed by atoms with Gasteiger partial charge in [-0.25, -0.2) is 0 Å². The average molecular weight is 317 g/mol. The summed E-state index contributed by atoms with van der Waals surface area (Å²) in [5.41, 5.74) is 0.347. The van der Waals surface area contributed by atoms with Crippen molar-refractivity contribution in [3.8, 4) is 0 Å². The summed E-state index contributed by atoms with van der Waals surface area (Å²) in [5.74, 6) is 0. The van der Waals surface area contributed by atoms with Crippen LogP contribution in [-0.4, -0.2) is 26.7 Å². The van der Waals surface area contributed by atoms with Crippen molar-refractivity contribution in [2.45, 2.75) is 69.4 Å². The van der Waals surface area contributed by atoms with Gasteiger partial charge in [0, 0.05) is 4.83 Å². The van der Waals surface area contributed by atoms with Crippen LogP contribution in [0.5, 0.6) is 0 Å². The second-order valence-electron chi connectivity index (χ2n) is 6.99. The monoisotopic (exact) mass is 316 g/mol. The van der Waals surface area contributed by atoms with Crippen LogP contribution in [0.25, 0.3) is 0 Å². The normalized spacial score (nSPS) is 48.4. The van der Waals surface area contributed by atoms with Crippen LogP contribution < -0.4 is 0 Å². The second-order valence-corrected chi connectivity index (χ2v) is 8.10. The average Bonchev–Trinajstić information content (AvgIpc) is 2.27. The van der Waals surface area contributed by atoms with Crippen LogP contribution in [0.3, 0.4) is 0 Å². The first kappa shape index (κ1) is 14.5. The van der Waals surface area contributed by atoms with E-state index in [0.29, 0.717) is 17.7 Å². The molecule has 2 aliphatic rings. The van der Waals surface area contributed by atoms with E-state index in [0.717, 1.165) is 19.3 Å². The van der Waals surface area contributed by atoms with Crippen molar-refractivity contribution >= 4 is 15.9 Å². The molecule has 0 amide bonds. The third-order valence-electron chi connectivity index (χ3n) is 5.71. The van der Waals surface area contributed by atoms with E-state index >= 15 is 0 Å². The smallest absolute Gasteiger partial charge is 0.0878 e. The molecule has 2 rings (SSSR count). The maximum atomic E-state index is 10.3. The second kappa shape index (κ2) is 4.32. The fourth-order valence-electron chi connectivity index (χ4n) is 3.85. The predicted molar refractivity (Wildman–Crippen MR) is 77.8 cm³/mol. The first-order chi connectivity index (χ1) is 8.13. The standard InChI is InChI=1S/C15H25BrO2/c1-10-5-6-11(16)13(2,3)15(10)8-7-14(4,18)12(17)9-15/h11-12,17-18H,1,5-9H2,2-4H3. The summed E-state index contributed by atoms with van der Waals surface area (Å²) in [6.45, 7) is 10.6. The molecule has 0 saturated heterocycles. The molecule has 0 aromatic rings. The minimum atomic E-state index is -0.944. The Morgan fingerprint density at radius 1 is 1.28 bits per heavy atom. The van der Waals surface area contributed by atoms with Gasteiger partial charge < -0.3 is 10.2 Å². The first-order valence-corrected chi connectivity index (χ1v) is 7.78. The van der Waals surface area contributed by atoms with E-state index in [1.807, 2.05) is 0 Å². The quantitative estimate of drug-likeness (QED) is 0.531. The fourth-order valence-corrected chi connectivity index (χ4v) is 4.52. The Morgan fingerprint density at radius 2 is 1.89 bits per heavy atom. The van der Waals surface area contributed by atoms with E-state index in [1.54, 1.807) is 6.92 Å². The Kier molecular flexibility index (Phi) is 3.49. The lowest BCUT2D eigenvalue weighted by atomic mass is 9.49. The number of halogens is 1. The summed E-state index contributed by atoms with van der Waals surface area (Å²) in [4.78, 5) is 0.450. The highest BCUT2D eigenvalue weighted by atomic mass is 79.9. The van der Waals surface area contributed by atoms with Crippen molar-refractivity contribution < 1.29 is 10.2 Å². The summed E-state index contributed by atoms with van der Waals surface area (Å²) in [6, 6.07) is 0. The SMILES string of the molecule is C=C1CCC(Br)C(C)(C)C12CCC(C)(O)C(O)C2. The Hall–Kier alpha value is 0.140. The van der Waals surface area contributed by atoms with Gasteiger partial charge in [0.15, 0.2) is 0 Å². The minimum Gasteiger partial charge on any atom is -0.390 e.